The standard InChI is InChI=1S/C29H30ClN5O9/c1-14-9-15(10-22(36)29(14)27(39)24-20(42-4)13-21(43-5)25(30)26(24)44-29)31-17-12-19(41-3)18(40-2)11-16(17)28-32-34-35(33-28)8-6-7-23(37)38/h10-14,31H,6-9H2,1-5H3,(H,37,38). The van der Waals surface area contributed by atoms with E-state index in [0.29, 0.717) is 34.9 Å². The highest BCUT2D eigenvalue weighted by molar-refractivity contribution is 6.36. The number of carbonyl (C=O) groups excluding carboxylic acids is 2. The van der Waals surface area contributed by atoms with Crippen LogP contribution < -0.4 is 29.0 Å². The molecule has 0 amide bonds. The van der Waals surface area contributed by atoms with Gasteiger partial charge in [0.1, 0.15) is 22.1 Å². The van der Waals surface area contributed by atoms with E-state index in [1.165, 1.54) is 45.4 Å². The van der Waals surface area contributed by atoms with Gasteiger partial charge in [-0.05, 0) is 24.1 Å². The van der Waals surface area contributed by atoms with Crippen LogP contribution in [-0.2, 0) is 16.1 Å². The molecule has 2 unspecified atom stereocenters. The number of nitrogens with one attached hydrogen (secondary N) is 1. The second-order valence-electron chi connectivity index (χ2n) is 10.2. The number of methoxy groups -OCH3 is 4. The molecule has 2 N–H and O–H groups in total. The number of hydrogen-bond acceptors (Lipinski definition) is 12. The number of fused-ring (bicyclic) bond motifs is 1. The number of carboxylic acid groups (broad SMARTS) is 1. The molecule has 14 nitrogen and oxygen atoms in total. The zero-order chi connectivity index (χ0) is 31.8. The van der Waals surface area contributed by atoms with Crippen LogP contribution in [0.3, 0.4) is 0 Å². The van der Waals surface area contributed by atoms with Gasteiger partial charge in [-0.3, -0.25) is 14.4 Å². The molecule has 5 rings (SSSR count). The van der Waals surface area contributed by atoms with Gasteiger partial charge in [0, 0.05) is 36.2 Å². The average Bonchev–Trinajstić information content (AvgIpc) is 3.59. The maximum absolute atomic E-state index is 13.8. The molecule has 3 aromatic rings. The molecule has 0 saturated carbocycles. The third kappa shape index (κ3) is 5.14. The number of carboxylic acids is 1. The number of benzene rings is 2. The molecule has 0 saturated heterocycles. The van der Waals surface area contributed by atoms with Crippen LogP contribution in [-0.4, -0.2) is 76.9 Å². The van der Waals surface area contributed by atoms with Gasteiger partial charge in [-0.1, -0.05) is 18.5 Å². The fourth-order valence-corrected chi connectivity index (χ4v) is 5.64. The highest BCUT2D eigenvalue weighted by Crippen LogP contribution is 2.53. The molecule has 44 heavy (non-hydrogen) atoms. The van der Waals surface area contributed by atoms with Crippen molar-refractivity contribution < 1.29 is 43.2 Å². The number of allylic oxidation sites excluding steroid dienone is 1. The number of ether oxygens (including phenoxy) is 5. The number of aliphatic carboxylic acids is 1. The van der Waals surface area contributed by atoms with Crippen LogP contribution in [0.25, 0.3) is 11.4 Å². The Kier molecular flexibility index (Phi) is 8.37. The lowest BCUT2D eigenvalue weighted by molar-refractivity contribution is -0.137. The summed E-state index contributed by atoms with van der Waals surface area (Å²) in [7, 11) is 5.80. The zero-order valence-corrected chi connectivity index (χ0v) is 25.4. The molecule has 15 heteroatoms. The zero-order valence-electron chi connectivity index (χ0n) is 24.6. The van der Waals surface area contributed by atoms with Gasteiger partial charge in [-0.15, -0.1) is 10.2 Å². The molecule has 2 aliphatic rings. The molecule has 2 atom stereocenters. The van der Waals surface area contributed by atoms with Crippen LogP contribution in [0.2, 0.25) is 5.02 Å². The Balaban J connectivity index is 1.49. The van der Waals surface area contributed by atoms with Crippen molar-refractivity contribution in [1.82, 2.24) is 20.2 Å². The summed E-state index contributed by atoms with van der Waals surface area (Å²) in [5, 5.41) is 24.8. The highest BCUT2D eigenvalue weighted by atomic mass is 35.5. The number of Topliss-reactive ketones (excluding diaryl/α,β-unsaturated/α-hetero) is 1. The van der Waals surface area contributed by atoms with Crippen molar-refractivity contribution in [3.63, 3.8) is 0 Å². The number of aryl methyl sites for hydroxylation is 1. The smallest absolute Gasteiger partial charge is 0.303 e. The average molecular weight is 628 g/mol. The first-order valence-electron chi connectivity index (χ1n) is 13.5. The Morgan fingerprint density at radius 1 is 1.09 bits per heavy atom. The van der Waals surface area contributed by atoms with E-state index in [4.69, 9.17) is 40.4 Å². The maximum Gasteiger partial charge on any atom is 0.303 e. The monoisotopic (exact) mass is 627 g/mol. The molecule has 232 valence electrons. The number of hydrogen-bond donors (Lipinski definition) is 2. The van der Waals surface area contributed by atoms with E-state index < -0.39 is 29.1 Å². The lowest BCUT2D eigenvalue weighted by Crippen LogP contribution is -2.55. The van der Waals surface area contributed by atoms with Crippen molar-refractivity contribution in [2.24, 2.45) is 5.92 Å². The maximum atomic E-state index is 13.8. The summed E-state index contributed by atoms with van der Waals surface area (Å²) in [5.41, 5.74) is -0.289. The van der Waals surface area contributed by atoms with Crippen molar-refractivity contribution in [1.29, 1.82) is 0 Å². The van der Waals surface area contributed by atoms with E-state index >= 15 is 0 Å². The Hall–Kier alpha value is -4.85. The summed E-state index contributed by atoms with van der Waals surface area (Å²) in [6, 6.07) is 4.82. The first kappa shape index (κ1) is 30.6. The molecule has 1 aromatic heterocycles. The summed E-state index contributed by atoms with van der Waals surface area (Å²) in [6.45, 7) is 2.00. The minimum absolute atomic E-state index is 0.0360. The molecule has 1 aliphatic heterocycles. The minimum Gasteiger partial charge on any atom is -0.496 e. The number of rotatable bonds is 11. The third-order valence-electron chi connectivity index (χ3n) is 7.57. The first-order valence-corrected chi connectivity index (χ1v) is 13.9. The summed E-state index contributed by atoms with van der Waals surface area (Å²) in [4.78, 5) is 39.8. The normalized spacial score (nSPS) is 18.9. The van der Waals surface area contributed by atoms with Gasteiger partial charge < -0.3 is 34.1 Å². The van der Waals surface area contributed by atoms with Crippen LogP contribution in [0.5, 0.6) is 28.7 Å². The largest absolute Gasteiger partial charge is 0.496 e. The predicted molar refractivity (Wildman–Crippen MR) is 156 cm³/mol. The van der Waals surface area contributed by atoms with Crippen molar-refractivity contribution in [3.8, 4) is 40.1 Å². The second-order valence-corrected chi connectivity index (χ2v) is 10.6. The lowest BCUT2D eigenvalue weighted by atomic mass is 9.74. The van der Waals surface area contributed by atoms with E-state index in [1.807, 2.05) is 0 Å². The molecular weight excluding hydrogens is 598 g/mol. The number of anilines is 1. The van der Waals surface area contributed by atoms with Crippen molar-refractivity contribution in [3.05, 3.63) is 40.6 Å². The Bertz CT molecular complexity index is 1690. The van der Waals surface area contributed by atoms with Crippen LogP contribution >= 0.6 is 11.6 Å². The van der Waals surface area contributed by atoms with Gasteiger partial charge in [0.05, 0.1) is 46.2 Å². The van der Waals surface area contributed by atoms with Crippen LogP contribution in [0.4, 0.5) is 5.69 Å². The number of aromatic nitrogens is 4. The van der Waals surface area contributed by atoms with Crippen molar-refractivity contribution in [2.45, 2.75) is 38.3 Å². The van der Waals surface area contributed by atoms with Gasteiger partial charge in [-0.2, -0.15) is 4.80 Å². The first-order chi connectivity index (χ1) is 21.1. The minimum atomic E-state index is -1.84. The molecule has 0 bridgehead atoms. The van der Waals surface area contributed by atoms with Gasteiger partial charge in [0.15, 0.2) is 17.2 Å². The Morgan fingerprint density at radius 2 is 1.77 bits per heavy atom. The number of tetrazole rings is 1. The molecule has 2 aromatic carbocycles. The van der Waals surface area contributed by atoms with Gasteiger partial charge in [0.25, 0.3) is 0 Å². The second kappa shape index (κ2) is 12.0. The van der Waals surface area contributed by atoms with E-state index in [1.54, 1.807) is 19.1 Å². The SMILES string of the molecule is COc1cc(NC2=CC(=O)C3(Oc4c(Cl)c(OC)cc(OC)c4C3=O)C(C)C2)c(-c2nnn(CCCC(=O)O)n2)cc1OC. The number of ketones is 2. The van der Waals surface area contributed by atoms with Gasteiger partial charge in [0.2, 0.25) is 23.0 Å². The van der Waals surface area contributed by atoms with Crippen molar-refractivity contribution >= 4 is 34.8 Å². The number of carbonyl (C=O) groups is 3. The topological polar surface area (TPSA) is 173 Å². The molecule has 1 spiro atoms. The third-order valence-corrected chi connectivity index (χ3v) is 7.93. The fraction of sp³-hybridized carbons (Fsp3) is 0.379. The van der Waals surface area contributed by atoms with E-state index in [2.05, 4.69) is 20.7 Å². The molecule has 2 heterocycles. The van der Waals surface area contributed by atoms with Gasteiger partial charge >= 0.3 is 5.97 Å². The van der Waals surface area contributed by atoms with Crippen molar-refractivity contribution in [2.75, 3.05) is 33.8 Å². The lowest BCUT2D eigenvalue weighted by Gasteiger charge is -2.35. The summed E-state index contributed by atoms with van der Waals surface area (Å²) < 4.78 is 27.8. The van der Waals surface area contributed by atoms with Crippen LogP contribution in [0.1, 0.15) is 36.5 Å². The van der Waals surface area contributed by atoms with E-state index in [0.717, 1.165) is 0 Å². The Labute approximate surface area is 256 Å². The summed E-state index contributed by atoms with van der Waals surface area (Å²) in [6.07, 6.45) is 1.86. The van der Waals surface area contributed by atoms with E-state index in [9.17, 15) is 14.4 Å². The summed E-state index contributed by atoms with van der Waals surface area (Å²) in [5.74, 6) is -1.14. The quantitative estimate of drug-likeness (QED) is 0.294. The summed E-state index contributed by atoms with van der Waals surface area (Å²) >= 11 is 6.49. The molecule has 1 aliphatic carbocycles. The van der Waals surface area contributed by atoms with E-state index in [-0.39, 0.29) is 53.0 Å². The van der Waals surface area contributed by atoms with Crippen LogP contribution in [0, 0.1) is 5.92 Å². The fourth-order valence-electron chi connectivity index (χ4n) is 5.37. The Morgan fingerprint density at radius 3 is 2.41 bits per heavy atom. The predicted octanol–water partition coefficient (Wildman–Crippen LogP) is 3.81. The highest BCUT2D eigenvalue weighted by Gasteiger charge is 2.60. The molecular formula is C29H30ClN5O9. The molecule has 0 radical (unpaired) electrons. The van der Waals surface area contributed by atoms with Crippen LogP contribution in [0.15, 0.2) is 30.0 Å². The molecule has 0 fully saturated rings. The van der Waals surface area contributed by atoms with Gasteiger partial charge in [-0.25, -0.2) is 0 Å². The number of halogens is 1. The number of nitrogens with zero attached hydrogens (tertiary/aromatic N) is 4.